The lowest BCUT2D eigenvalue weighted by Gasteiger charge is -2.20. The number of methoxy groups -OCH3 is 2. The van der Waals surface area contributed by atoms with Crippen LogP contribution < -0.4 is 24.8 Å². The third kappa shape index (κ3) is 7.63. The monoisotopic (exact) mass is 480 g/mol. The molecule has 0 heterocycles. The Morgan fingerprint density at radius 2 is 1.46 bits per heavy atom. The molecule has 0 aromatic heterocycles. The molecule has 4 N–H and O–H groups in total. The van der Waals surface area contributed by atoms with E-state index >= 15 is 0 Å². The molecule has 0 aliphatic heterocycles. The van der Waals surface area contributed by atoms with E-state index < -0.39 is 6.10 Å². The van der Waals surface area contributed by atoms with Crippen molar-refractivity contribution in [3.63, 3.8) is 0 Å². The zero-order valence-corrected chi connectivity index (χ0v) is 19.9. The Morgan fingerprint density at radius 1 is 0.886 bits per heavy atom. The molecule has 0 bridgehead atoms. The first-order valence-electron chi connectivity index (χ1n) is 11.4. The zero-order chi connectivity index (χ0) is 25.0. The number of ether oxygens (including phenoxy) is 3. The van der Waals surface area contributed by atoms with Crippen molar-refractivity contribution in [2.75, 3.05) is 39.2 Å². The van der Waals surface area contributed by atoms with E-state index in [4.69, 9.17) is 14.2 Å². The number of phenolic OH excluding ortho intramolecular Hbond substituents is 1. The highest BCUT2D eigenvalue weighted by Crippen LogP contribution is 2.30. The molecular weight excluding hydrogens is 448 g/mol. The van der Waals surface area contributed by atoms with Crippen LogP contribution in [0.2, 0.25) is 0 Å². The van der Waals surface area contributed by atoms with Crippen LogP contribution in [-0.4, -0.2) is 56.6 Å². The maximum atomic E-state index is 10.6. The summed E-state index contributed by atoms with van der Waals surface area (Å²) in [6.45, 7) is 1.11. The van der Waals surface area contributed by atoms with Crippen molar-refractivity contribution < 1.29 is 29.2 Å². The number of rotatable bonds is 14. The van der Waals surface area contributed by atoms with E-state index in [1.165, 1.54) is 23.3 Å². The van der Waals surface area contributed by atoms with Crippen molar-refractivity contribution in [2.45, 2.75) is 18.4 Å². The number of hydrogen-bond acceptors (Lipinski definition) is 7. The molecule has 1 unspecified atom stereocenters. The van der Waals surface area contributed by atoms with E-state index in [-0.39, 0.29) is 24.0 Å². The molecule has 0 fully saturated rings. The van der Waals surface area contributed by atoms with Crippen molar-refractivity contribution in [3.05, 3.63) is 77.9 Å². The molecule has 8 nitrogen and oxygen atoms in total. The quantitative estimate of drug-likeness (QED) is 0.159. The third-order valence-corrected chi connectivity index (χ3v) is 5.65. The molecule has 186 valence electrons. The largest absolute Gasteiger partial charge is 0.506 e. The molecular formula is C27H32N2O6. The third-order valence-electron chi connectivity index (χ3n) is 5.65. The number of hydrogen-bond donors (Lipinski definition) is 4. The number of aliphatic hydroxyl groups is 1. The van der Waals surface area contributed by atoms with Crippen LogP contribution in [0.25, 0.3) is 0 Å². The van der Waals surface area contributed by atoms with Crippen LogP contribution in [0.3, 0.4) is 0 Å². The van der Waals surface area contributed by atoms with E-state index in [0.717, 1.165) is 17.9 Å². The number of carbonyl (C=O) groups is 1. The second-order valence-corrected chi connectivity index (χ2v) is 8.00. The van der Waals surface area contributed by atoms with Crippen LogP contribution in [0.15, 0.2) is 66.7 Å². The van der Waals surface area contributed by atoms with Gasteiger partial charge in [-0.2, -0.15) is 0 Å². The molecule has 0 saturated carbocycles. The molecule has 3 aromatic carbocycles. The summed E-state index contributed by atoms with van der Waals surface area (Å²) in [5.41, 5.74) is 2.59. The lowest BCUT2D eigenvalue weighted by molar-refractivity contribution is -0.105. The van der Waals surface area contributed by atoms with E-state index in [9.17, 15) is 15.0 Å². The molecule has 0 aliphatic carbocycles. The normalized spacial score (nSPS) is 11.7. The molecule has 0 aliphatic rings. The van der Waals surface area contributed by atoms with Gasteiger partial charge in [0.15, 0.2) is 0 Å². The minimum Gasteiger partial charge on any atom is -0.506 e. The van der Waals surface area contributed by atoms with Crippen LogP contribution in [0.4, 0.5) is 5.69 Å². The Morgan fingerprint density at radius 3 is 2.00 bits per heavy atom. The van der Waals surface area contributed by atoms with Gasteiger partial charge in [0.1, 0.15) is 35.7 Å². The van der Waals surface area contributed by atoms with E-state index in [1.807, 2.05) is 24.3 Å². The topological polar surface area (TPSA) is 109 Å². The van der Waals surface area contributed by atoms with Crippen molar-refractivity contribution in [1.29, 1.82) is 0 Å². The van der Waals surface area contributed by atoms with Gasteiger partial charge in [-0.1, -0.05) is 24.3 Å². The maximum Gasteiger partial charge on any atom is 0.211 e. The van der Waals surface area contributed by atoms with Crippen LogP contribution in [-0.2, 0) is 4.79 Å². The number of anilines is 1. The Hall–Kier alpha value is -3.75. The van der Waals surface area contributed by atoms with Gasteiger partial charge < -0.3 is 35.1 Å². The molecule has 35 heavy (non-hydrogen) atoms. The molecule has 0 saturated heterocycles. The Kier molecular flexibility index (Phi) is 9.77. The molecule has 1 amide bonds. The van der Waals surface area contributed by atoms with Crippen LogP contribution in [0, 0.1) is 0 Å². The molecule has 0 spiro atoms. The molecule has 1 atom stereocenters. The van der Waals surface area contributed by atoms with E-state index in [1.54, 1.807) is 20.3 Å². The predicted molar refractivity (Wildman–Crippen MR) is 135 cm³/mol. The summed E-state index contributed by atoms with van der Waals surface area (Å²) in [5, 5.41) is 25.7. The molecule has 0 radical (unpaired) electrons. The highest BCUT2D eigenvalue weighted by Gasteiger charge is 2.15. The summed E-state index contributed by atoms with van der Waals surface area (Å²) in [5.74, 6) is 2.16. The molecule has 3 rings (SSSR count). The van der Waals surface area contributed by atoms with Gasteiger partial charge in [-0.05, 0) is 60.5 Å². The van der Waals surface area contributed by atoms with Crippen LogP contribution >= 0.6 is 0 Å². The standard InChI is InChI=1S/C27H32N2O6/c1-33-22-7-3-19(4-8-22)25(20-5-9-23(34-2)10-6-20)13-14-28-16-21(31)17-35-24-11-12-27(32)26(15-24)29-18-30/h3-12,15,18,21,25,28,31-32H,13-14,16-17H2,1-2H3,(H,29,30). The lowest BCUT2D eigenvalue weighted by atomic mass is 9.88. The van der Waals surface area contributed by atoms with Gasteiger partial charge in [-0.15, -0.1) is 0 Å². The van der Waals surface area contributed by atoms with Crippen molar-refractivity contribution in [1.82, 2.24) is 5.32 Å². The SMILES string of the molecule is COc1ccc(C(CCNCC(O)COc2ccc(O)c(NC=O)c2)c2ccc(OC)cc2)cc1. The second-order valence-electron chi connectivity index (χ2n) is 8.00. The minimum absolute atomic E-state index is 0.0602. The summed E-state index contributed by atoms with van der Waals surface area (Å²) >= 11 is 0. The summed E-state index contributed by atoms with van der Waals surface area (Å²) in [6.07, 6.45) is 0.569. The number of aliphatic hydroxyl groups excluding tert-OH is 1. The number of amides is 1. The smallest absolute Gasteiger partial charge is 0.211 e. The Balaban J connectivity index is 1.53. The van der Waals surface area contributed by atoms with Gasteiger partial charge in [0.05, 0.1) is 19.9 Å². The van der Waals surface area contributed by atoms with Gasteiger partial charge in [0.2, 0.25) is 6.41 Å². The van der Waals surface area contributed by atoms with Crippen LogP contribution in [0.1, 0.15) is 23.5 Å². The van der Waals surface area contributed by atoms with Crippen LogP contribution in [0.5, 0.6) is 23.0 Å². The second kappa shape index (κ2) is 13.2. The number of carbonyl (C=O) groups excluding carboxylic acids is 1. The first-order valence-corrected chi connectivity index (χ1v) is 11.4. The average molecular weight is 481 g/mol. The number of aromatic hydroxyl groups is 1. The fourth-order valence-electron chi connectivity index (χ4n) is 3.75. The summed E-state index contributed by atoms with van der Waals surface area (Å²) in [4.78, 5) is 10.6. The molecule has 8 heteroatoms. The average Bonchev–Trinajstić information content (AvgIpc) is 2.89. The van der Waals surface area contributed by atoms with Gasteiger partial charge in [0.25, 0.3) is 0 Å². The summed E-state index contributed by atoms with van der Waals surface area (Å²) < 4.78 is 16.2. The number of nitrogens with one attached hydrogen (secondary N) is 2. The van der Waals surface area contributed by atoms with Gasteiger partial charge >= 0.3 is 0 Å². The molecule has 3 aromatic rings. The first-order chi connectivity index (χ1) is 17.0. The minimum atomic E-state index is -0.730. The van der Waals surface area contributed by atoms with Crippen molar-refractivity contribution in [2.24, 2.45) is 0 Å². The number of phenols is 1. The number of benzene rings is 3. The van der Waals surface area contributed by atoms with Crippen molar-refractivity contribution in [3.8, 4) is 23.0 Å². The highest BCUT2D eigenvalue weighted by atomic mass is 16.5. The Labute approximate surface area is 205 Å². The first kappa shape index (κ1) is 25.9. The summed E-state index contributed by atoms with van der Waals surface area (Å²) in [7, 11) is 3.30. The van der Waals surface area contributed by atoms with Gasteiger partial charge in [0, 0.05) is 18.5 Å². The predicted octanol–water partition coefficient (Wildman–Crippen LogP) is 3.53. The van der Waals surface area contributed by atoms with Crippen molar-refractivity contribution >= 4 is 12.1 Å². The lowest BCUT2D eigenvalue weighted by Crippen LogP contribution is -2.32. The van der Waals surface area contributed by atoms with Gasteiger partial charge in [-0.25, -0.2) is 0 Å². The summed E-state index contributed by atoms with van der Waals surface area (Å²) in [6, 6.07) is 20.6. The highest BCUT2D eigenvalue weighted by molar-refractivity contribution is 5.76. The fourth-order valence-corrected chi connectivity index (χ4v) is 3.75. The maximum absolute atomic E-state index is 10.6. The zero-order valence-electron chi connectivity index (χ0n) is 19.9. The van der Waals surface area contributed by atoms with Gasteiger partial charge in [-0.3, -0.25) is 4.79 Å². The Bertz CT molecular complexity index is 1010. The van der Waals surface area contributed by atoms with E-state index in [0.29, 0.717) is 25.2 Å². The fraction of sp³-hybridized carbons (Fsp3) is 0.296. The van der Waals surface area contributed by atoms with E-state index in [2.05, 4.69) is 34.9 Å².